The summed E-state index contributed by atoms with van der Waals surface area (Å²) in [5.41, 5.74) is 1.82. The summed E-state index contributed by atoms with van der Waals surface area (Å²) in [4.78, 5) is 26.9. The third kappa shape index (κ3) is 3.86. The Labute approximate surface area is 158 Å². The van der Waals surface area contributed by atoms with Crippen LogP contribution in [0.25, 0.3) is 0 Å². The molecule has 7 heteroatoms. The number of halogens is 1. The van der Waals surface area contributed by atoms with Gasteiger partial charge in [0.15, 0.2) is 0 Å². The van der Waals surface area contributed by atoms with Gasteiger partial charge in [0.2, 0.25) is 0 Å². The number of allylic oxidation sites excluding steroid dienone is 1. The number of carbonyl (C=O) groups excluding carboxylic acids is 2. The Balaban J connectivity index is 1.96. The molecule has 26 heavy (non-hydrogen) atoms. The van der Waals surface area contributed by atoms with Gasteiger partial charge in [-0.15, -0.1) is 0 Å². The number of esters is 1. The van der Waals surface area contributed by atoms with E-state index in [9.17, 15) is 9.59 Å². The number of rotatable bonds is 5. The Kier molecular flexibility index (Phi) is 5.84. The summed E-state index contributed by atoms with van der Waals surface area (Å²) in [7, 11) is 0. The zero-order valence-corrected chi connectivity index (χ0v) is 15.7. The highest BCUT2D eigenvalue weighted by atomic mass is 35.5. The lowest BCUT2D eigenvalue weighted by Crippen LogP contribution is -2.50. The summed E-state index contributed by atoms with van der Waals surface area (Å²) >= 11 is 5.96. The first-order valence-corrected chi connectivity index (χ1v) is 9.22. The maximum Gasteiger partial charge on any atom is 0.338 e. The van der Waals surface area contributed by atoms with Crippen molar-refractivity contribution < 1.29 is 19.1 Å². The van der Waals surface area contributed by atoms with E-state index in [2.05, 4.69) is 5.32 Å². The fourth-order valence-corrected chi connectivity index (χ4v) is 3.50. The van der Waals surface area contributed by atoms with Crippen LogP contribution in [0.1, 0.15) is 38.3 Å². The molecule has 1 N–H and O–H groups in total. The smallest absolute Gasteiger partial charge is 0.338 e. The molecule has 3 rings (SSSR count). The molecule has 1 fully saturated rings. The van der Waals surface area contributed by atoms with E-state index in [0.29, 0.717) is 29.4 Å². The summed E-state index contributed by atoms with van der Waals surface area (Å²) in [6.07, 6.45) is 1.89. The van der Waals surface area contributed by atoms with Crippen molar-refractivity contribution in [3.63, 3.8) is 0 Å². The lowest BCUT2D eigenvalue weighted by molar-refractivity contribution is -0.139. The van der Waals surface area contributed by atoms with Gasteiger partial charge in [-0.3, -0.25) is 4.90 Å². The van der Waals surface area contributed by atoms with Crippen molar-refractivity contribution in [2.24, 2.45) is 0 Å². The van der Waals surface area contributed by atoms with Crippen molar-refractivity contribution in [1.82, 2.24) is 10.2 Å². The number of hydrogen-bond donors (Lipinski definition) is 1. The summed E-state index contributed by atoms with van der Waals surface area (Å²) in [5, 5.41) is 3.52. The molecule has 0 radical (unpaired) electrons. The number of carbonyl (C=O) groups is 2. The molecule has 2 aliphatic rings. The van der Waals surface area contributed by atoms with E-state index in [1.54, 1.807) is 43.0 Å². The van der Waals surface area contributed by atoms with Gasteiger partial charge in [-0.1, -0.05) is 23.7 Å². The fraction of sp³-hybridized carbons (Fsp3) is 0.474. The van der Waals surface area contributed by atoms with Gasteiger partial charge < -0.3 is 14.8 Å². The lowest BCUT2D eigenvalue weighted by atomic mass is 9.94. The molecule has 2 heterocycles. The molecular weight excluding hydrogens is 356 g/mol. The molecule has 2 amide bonds. The van der Waals surface area contributed by atoms with Crippen LogP contribution in [0.4, 0.5) is 4.79 Å². The number of nitrogens with zero attached hydrogens (tertiary/aromatic N) is 1. The van der Waals surface area contributed by atoms with Crippen LogP contribution in [0.5, 0.6) is 0 Å². The van der Waals surface area contributed by atoms with Crippen LogP contribution in [0.3, 0.4) is 0 Å². The Hall–Kier alpha value is -2.05. The molecular formula is C19H23ClN2O4. The molecule has 0 aromatic heterocycles. The molecule has 2 aliphatic heterocycles. The van der Waals surface area contributed by atoms with Gasteiger partial charge in [-0.25, -0.2) is 9.59 Å². The predicted molar refractivity (Wildman–Crippen MR) is 97.7 cm³/mol. The van der Waals surface area contributed by atoms with Gasteiger partial charge in [0.05, 0.1) is 30.9 Å². The normalized spacial score (nSPS) is 23.2. The van der Waals surface area contributed by atoms with Crippen LogP contribution < -0.4 is 5.32 Å². The second-order valence-corrected chi connectivity index (χ2v) is 6.84. The van der Waals surface area contributed by atoms with E-state index < -0.39 is 12.0 Å². The van der Waals surface area contributed by atoms with Crippen LogP contribution in [-0.2, 0) is 14.3 Å². The minimum atomic E-state index is -0.570. The lowest BCUT2D eigenvalue weighted by Gasteiger charge is -2.36. The van der Waals surface area contributed by atoms with Crippen molar-refractivity contribution >= 4 is 23.6 Å². The van der Waals surface area contributed by atoms with Gasteiger partial charge in [0.25, 0.3) is 0 Å². The first kappa shape index (κ1) is 18.7. The Morgan fingerprint density at radius 1 is 1.38 bits per heavy atom. The van der Waals surface area contributed by atoms with Crippen LogP contribution in [-0.4, -0.2) is 42.8 Å². The molecule has 2 atom stereocenters. The van der Waals surface area contributed by atoms with Crippen molar-refractivity contribution in [2.45, 2.75) is 38.8 Å². The third-order valence-electron chi connectivity index (χ3n) is 4.71. The number of benzene rings is 1. The molecule has 0 bridgehead atoms. The summed E-state index contributed by atoms with van der Waals surface area (Å²) in [5.74, 6) is -0.428. The van der Waals surface area contributed by atoms with Gasteiger partial charge in [-0.05, 0) is 44.4 Å². The molecule has 6 nitrogen and oxygen atoms in total. The first-order chi connectivity index (χ1) is 12.5. The van der Waals surface area contributed by atoms with Crippen LogP contribution >= 0.6 is 11.6 Å². The van der Waals surface area contributed by atoms with Crippen molar-refractivity contribution in [1.29, 1.82) is 0 Å². The Morgan fingerprint density at radius 2 is 2.12 bits per heavy atom. The summed E-state index contributed by atoms with van der Waals surface area (Å²) in [6, 6.07) is 6.26. The molecule has 0 unspecified atom stereocenters. The molecule has 0 saturated carbocycles. The highest BCUT2D eigenvalue weighted by Crippen LogP contribution is 2.32. The van der Waals surface area contributed by atoms with Crippen LogP contribution in [0.15, 0.2) is 35.5 Å². The quantitative estimate of drug-likeness (QED) is 0.797. The van der Waals surface area contributed by atoms with Gasteiger partial charge >= 0.3 is 12.0 Å². The van der Waals surface area contributed by atoms with E-state index in [-0.39, 0.29) is 18.7 Å². The third-order valence-corrected chi connectivity index (χ3v) is 4.96. The molecule has 1 aromatic rings. The number of urea groups is 1. The standard InChI is InChI=1S/C19H23ClN2O4/c1-3-25-18(23)16-12(2)22(11-15-5-4-10-26-15)19(24)21-17(16)13-6-8-14(20)9-7-13/h6-9,15,17H,3-5,10-11H2,1-2H3,(H,21,24)/t15-,17+/m0/s1. The van der Waals surface area contributed by atoms with E-state index in [0.717, 1.165) is 18.4 Å². The predicted octanol–water partition coefficient (Wildman–Crippen LogP) is 3.42. The highest BCUT2D eigenvalue weighted by Gasteiger charge is 2.37. The van der Waals surface area contributed by atoms with E-state index >= 15 is 0 Å². The topological polar surface area (TPSA) is 67.9 Å². The minimum absolute atomic E-state index is 0.00812. The molecule has 0 aliphatic carbocycles. The van der Waals surface area contributed by atoms with Gasteiger partial charge in [0.1, 0.15) is 0 Å². The van der Waals surface area contributed by atoms with Crippen molar-refractivity contribution in [2.75, 3.05) is 19.8 Å². The van der Waals surface area contributed by atoms with Crippen LogP contribution in [0, 0.1) is 0 Å². The van der Waals surface area contributed by atoms with Crippen molar-refractivity contribution in [3.8, 4) is 0 Å². The van der Waals surface area contributed by atoms with Crippen molar-refractivity contribution in [3.05, 3.63) is 46.1 Å². The highest BCUT2D eigenvalue weighted by molar-refractivity contribution is 6.30. The number of nitrogens with one attached hydrogen (secondary N) is 1. The molecule has 140 valence electrons. The van der Waals surface area contributed by atoms with E-state index in [1.165, 1.54) is 0 Å². The average molecular weight is 379 g/mol. The summed E-state index contributed by atoms with van der Waals surface area (Å²) < 4.78 is 10.9. The van der Waals surface area contributed by atoms with Gasteiger partial charge in [-0.2, -0.15) is 0 Å². The Morgan fingerprint density at radius 3 is 2.73 bits per heavy atom. The molecule has 1 aromatic carbocycles. The monoisotopic (exact) mass is 378 g/mol. The van der Waals surface area contributed by atoms with Gasteiger partial charge in [0, 0.05) is 17.3 Å². The Bertz CT molecular complexity index is 711. The minimum Gasteiger partial charge on any atom is -0.463 e. The molecule has 0 spiro atoms. The second kappa shape index (κ2) is 8.10. The largest absolute Gasteiger partial charge is 0.463 e. The first-order valence-electron chi connectivity index (χ1n) is 8.84. The van der Waals surface area contributed by atoms with E-state index in [1.807, 2.05) is 0 Å². The zero-order valence-electron chi connectivity index (χ0n) is 15.0. The maximum absolute atomic E-state index is 12.7. The fourth-order valence-electron chi connectivity index (χ4n) is 3.37. The number of hydrogen-bond acceptors (Lipinski definition) is 4. The zero-order chi connectivity index (χ0) is 18.7. The average Bonchev–Trinajstić information content (AvgIpc) is 3.12. The maximum atomic E-state index is 12.7. The number of amides is 2. The second-order valence-electron chi connectivity index (χ2n) is 6.40. The summed E-state index contributed by atoms with van der Waals surface area (Å²) in [6.45, 7) is 4.94. The number of ether oxygens (including phenoxy) is 2. The SMILES string of the molecule is CCOC(=O)C1=C(C)N(C[C@@H]2CCCO2)C(=O)N[C@@H]1c1ccc(Cl)cc1. The molecule has 1 saturated heterocycles. The van der Waals surface area contributed by atoms with Crippen LogP contribution in [0.2, 0.25) is 5.02 Å². The van der Waals surface area contributed by atoms with E-state index in [4.69, 9.17) is 21.1 Å².